The molecule has 1 aromatic heterocycles. The lowest BCUT2D eigenvalue weighted by atomic mass is 9.93. The Labute approximate surface area is 109 Å². The molecule has 0 amide bonds. The van der Waals surface area contributed by atoms with Gasteiger partial charge in [-0.2, -0.15) is 5.10 Å². The molecule has 0 saturated carbocycles. The molecule has 19 heavy (non-hydrogen) atoms. The Hall–Kier alpha value is -1.47. The summed E-state index contributed by atoms with van der Waals surface area (Å²) < 4.78 is 37.3. The average molecular weight is 274 g/mol. The van der Waals surface area contributed by atoms with Crippen LogP contribution < -0.4 is 10.5 Å². The van der Waals surface area contributed by atoms with Crippen LogP contribution in [0, 0.1) is 5.92 Å². The monoisotopic (exact) mass is 274 g/mol. The van der Waals surface area contributed by atoms with E-state index in [1.54, 1.807) is 0 Å². The molecule has 0 aromatic carbocycles. The SMILES string of the molecule is CC1CCN(c2cnn(C[B-](F)(F)F)c(=O)c2)CC1. The van der Waals surface area contributed by atoms with E-state index >= 15 is 0 Å². The molecule has 2 heterocycles. The van der Waals surface area contributed by atoms with Gasteiger partial charge in [-0.15, -0.1) is 0 Å². The largest absolute Gasteiger partial charge is 0.499 e. The van der Waals surface area contributed by atoms with Gasteiger partial charge in [-0.25, -0.2) is 0 Å². The number of halogens is 3. The Morgan fingerprint density at radius 3 is 2.53 bits per heavy atom. The van der Waals surface area contributed by atoms with E-state index in [0.717, 1.165) is 25.9 Å². The lowest BCUT2D eigenvalue weighted by molar-refractivity contribution is 0.427. The maximum atomic E-state index is 12.3. The van der Waals surface area contributed by atoms with E-state index in [2.05, 4.69) is 12.0 Å². The number of hydrogen-bond donors (Lipinski definition) is 0. The first kappa shape index (κ1) is 14.0. The molecule has 8 heteroatoms. The summed E-state index contributed by atoms with van der Waals surface area (Å²) in [5.74, 6) is 0.650. The molecule has 1 aliphatic rings. The van der Waals surface area contributed by atoms with Crippen molar-refractivity contribution in [1.82, 2.24) is 9.78 Å². The first-order chi connectivity index (χ1) is 8.85. The van der Waals surface area contributed by atoms with Crippen molar-refractivity contribution in [2.45, 2.75) is 26.2 Å². The van der Waals surface area contributed by atoms with E-state index < -0.39 is 19.0 Å². The van der Waals surface area contributed by atoms with Crippen molar-refractivity contribution in [2.24, 2.45) is 5.92 Å². The van der Waals surface area contributed by atoms with Crippen LogP contribution in [0.3, 0.4) is 0 Å². The third kappa shape index (κ3) is 3.75. The fourth-order valence-electron chi connectivity index (χ4n) is 2.20. The zero-order valence-electron chi connectivity index (χ0n) is 10.7. The highest BCUT2D eigenvalue weighted by molar-refractivity contribution is 6.57. The Morgan fingerprint density at radius 2 is 2.00 bits per heavy atom. The molecule has 0 atom stereocenters. The van der Waals surface area contributed by atoms with Gasteiger partial charge in [-0.1, -0.05) is 6.92 Å². The van der Waals surface area contributed by atoms with Crippen molar-refractivity contribution >= 4 is 12.7 Å². The van der Waals surface area contributed by atoms with Crippen LogP contribution in [-0.4, -0.2) is 29.8 Å². The van der Waals surface area contributed by atoms with E-state index in [9.17, 15) is 17.7 Å². The van der Waals surface area contributed by atoms with Crippen LogP contribution in [0.4, 0.5) is 18.6 Å². The topological polar surface area (TPSA) is 38.1 Å². The minimum atomic E-state index is -5.05. The fraction of sp³-hybridized carbons (Fsp3) is 0.636. The Balaban J connectivity index is 2.13. The quantitative estimate of drug-likeness (QED) is 0.790. The molecular weight excluding hydrogens is 258 g/mol. The van der Waals surface area contributed by atoms with Crippen molar-refractivity contribution in [3.63, 3.8) is 0 Å². The second-order valence-corrected chi connectivity index (χ2v) is 5.11. The molecular formula is C11H16BF3N3O-. The predicted octanol–water partition coefficient (Wildman–Crippen LogP) is 1.87. The molecule has 0 spiro atoms. The van der Waals surface area contributed by atoms with E-state index in [-0.39, 0.29) is 0 Å². The third-order valence-corrected chi connectivity index (χ3v) is 3.38. The average Bonchev–Trinajstić information content (AvgIpc) is 2.31. The van der Waals surface area contributed by atoms with Gasteiger partial charge >= 0.3 is 6.98 Å². The van der Waals surface area contributed by atoms with Gasteiger partial charge in [-0.05, 0) is 18.8 Å². The first-order valence-corrected chi connectivity index (χ1v) is 6.38. The molecule has 0 N–H and O–H groups in total. The highest BCUT2D eigenvalue weighted by Gasteiger charge is 2.25. The lowest BCUT2D eigenvalue weighted by Gasteiger charge is -2.31. The number of nitrogens with zero attached hydrogens (tertiary/aromatic N) is 3. The third-order valence-electron chi connectivity index (χ3n) is 3.38. The summed E-state index contributed by atoms with van der Waals surface area (Å²) in [5, 5.41) is 3.62. The van der Waals surface area contributed by atoms with E-state index in [1.165, 1.54) is 12.3 Å². The van der Waals surface area contributed by atoms with Crippen molar-refractivity contribution in [3.8, 4) is 0 Å². The van der Waals surface area contributed by atoms with Gasteiger partial charge in [0.2, 0.25) is 0 Å². The van der Waals surface area contributed by atoms with Crippen molar-refractivity contribution in [2.75, 3.05) is 18.0 Å². The van der Waals surface area contributed by atoms with Crippen LogP contribution in [-0.2, 0) is 6.44 Å². The molecule has 0 aliphatic carbocycles. The smallest absolute Gasteiger partial charge is 0.448 e. The molecule has 1 aromatic rings. The number of rotatable bonds is 3. The molecule has 106 valence electrons. The predicted molar refractivity (Wildman–Crippen MR) is 68.2 cm³/mol. The van der Waals surface area contributed by atoms with E-state index in [1.807, 2.05) is 4.90 Å². The lowest BCUT2D eigenvalue weighted by Crippen LogP contribution is -2.36. The van der Waals surface area contributed by atoms with Gasteiger partial charge < -0.3 is 17.8 Å². The first-order valence-electron chi connectivity index (χ1n) is 6.38. The molecule has 1 saturated heterocycles. The number of anilines is 1. The number of hydrogen-bond acceptors (Lipinski definition) is 3. The molecule has 0 radical (unpaired) electrons. The number of aromatic nitrogens is 2. The fourth-order valence-corrected chi connectivity index (χ4v) is 2.20. The Morgan fingerprint density at radius 1 is 1.37 bits per heavy atom. The Kier molecular flexibility index (Phi) is 3.87. The van der Waals surface area contributed by atoms with Gasteiger partial charge in [0.05, 0.1) is 11.9 Å². The normalized spacial score (nSPS) is 17.8. The zero-order chi connectivity index (χ0) is 14.0. The Bertz CT molecular complexity index is 495. The van der Waals surface area contributed by atoms with Gasteiger partial charge in [0.1, 0.15) is 0 Å². The summed E-state index contributed by atoms with van der Waals surface area (Å²) in [4.78, 5) is 13.6. The molecule has 0 bridgehead atoms. The second-order valence-electron chi connectivity index (χ2n) is 5.11. The van der Waals surface area contributed by atoms with Crippen LogP contribution in [0.5, 0.6) is 0 Å². The maximum Gasteiger partial charge on any atom is 0.499 e. The summed E-state index contributed by atoms with van der Waals surface area (Å²) in [6.45, 7) is -1.26. The second kappa shape index (κ2) is 5.26. The van der Waals surface area contributed by atoms with Crippen LogP contribution in [0.1, 0.15) is 19.8 Å². The van der Waals surface area contributed by atoms with Gasteiger partial charge in [0.25, 0.3) is 5.56 Å². The molecule has 2 rings (SSSR count). The highest BCUT2D eigenvalue weighted by Crippen LogP contribution is 2.21. The summed E-state index contributed by atoms with van der Waals surface area (Å²) in [6, 6.07) is 1.24. The molecule has 4 nitrogen and oxygen atoms in total. The van der Waals surface area contributed by atoms with E-state index in [0.29, 0.717) is 16.3 Å². The van der Waals surface area contributed by atoms with E-state index in [4.69, 9.17) is 0 Å². The van der Waals surface area contributed by atoms with Gasteiger partial charge in [0, 0.05) is 25.6 Å². The van der Waals surface area contributed by atoms with Gasteiger partial charge in [0.15, 0.2) is 0 Å². The summed E-state index contributed by atoms with van der Waals surface area (Å²) >= 11 is 0. The van der Waals surface area contributed by atoms with Crippen molar-refractivity contribution in [3.05, 3.63) is 22.6 Å². The highest BCUT2D eigenvalue weighted by atomic mass is 19.4. The zero-order valence-corrected chi connectivity index (χ0v) is 10.7. The van der Waals surface area contributed by atoms with Crippen LogP contribution >= 0.6 is 0 Å². The summed E-state index contributed by atoms with van der Waals surface area (Å²) in [7, 11) is 0. The van der Waals surface area contributed by atoms with Crippen LogP contribution in [0.2, 0.25) is 0 Å². The summed E-state index contributed by atoms with van der Waals surface area (Å²) in [5.41, 5.74) is -0.0850. The number of piperidine rings is 1. The summed E-state index contributed by atoms with van der Waals surface area (Å²) in [6.07, 6.45) is 2.11. The molecule has 1 fully saturated rings. The molecule has 0 unspecified atom stereocenters. The van der Waals surface area contributed by atoms with Crippen molar-refractivity contribution in [1.29, 1.82) is 0 Å². The maximum absolute atomic E-state index is 12.3. The molecule has 1 aliphatic heterocycles. The minimum absolute atomic E-state index is 0.468. The van der Waals surface area contributed by atoms with Crippen LogP contribution in [0.15, 0.2) is 17.1 Å². The van der Waals surface area contributed by atoms with Crippen LogP contribution in [0.25, 0.3) is 0 Å². The standard InChI is InChI=1S/C11H16BF3N3O/c1-9-2-4-17(5-3-9)10-6-11(19)18(16-7-10)8-12(13,14)15/h6-7,9H,2-5,8H2,1H3/q-1. The van der Waals surface area contributed by atoms with Gasteiger partial charge in [-0.3, -0.25) is 9.48 Å². The minimum Gasteiger partial charge on any atom is -0.448 e. The van der Waals surface area contributed by atoms with Crippen molar-refractivity contribution < 1.29 is 12.9 Å².